The van der Waals surface area contributed by atoms with E-state index in [9.17, 15) is 19.2 Å². The lowest BCUT2D eigenvalue weighted by atomic mass is 10.0. The Morgan fingerprint density at radius 1 is 1.08 bits per heavy atom. The number of carbonyl (C=O) groups excluding carboxylic acids is 4. The lowest BCUT2D eigenvalue weighted by Crippen LogP contribution is -2.56. The highest BCUT2D eigenvalue weighted by molar-refractivity contribution is 7.13. The van der Waals surface area contributed by atoms with Gasteiger partial charge in [0.25, 0.3) is 0 Å². The van der Waals surface area contributed by atoms with Gasteiger partial charge in [0.1, 0.15) is 35.0 Å². The highest BCUT2D eigenvalue weighted by Gasteiger charge is 2.62. The summed E-state index contributed by atoms with van der Waals surface area (Å²) in [5.74, 6) is -1.31. The van der Waals surface area contributed by atoms with Crippen LogP contribution >= 0.6 is 11.3 Å². The third-order valence-corrected chi connectivity index (χ3v) is 10.0. The van der Waals surface area contributed by atoms with Crippen LogP contribution in [-0.2, 0) is 23.9 Å². The molecule has 13 heteroatoms. The number of amides is 3. The Balaban J connectivity index is 1.33. The fraction of sp³-hybridized carbons (Fsp3) is 0.514. The van der Waals surface area contributed by atoms with E-state index in [4.69, 9.17) is 24.2 Å². The molecule has 3 amide bonds. The van der Waals surface area contributed by atoms with Crippen LogP contribution in [0.15, 0.2) is 53.9 Å². The van der Waals surface area contributed by atoms with Crippen molar-refractivity contribution in [3.63, 3.8) is 0 Å². The van der Waals surface area contributed by atoms with Crippen molar-refractivity contribution in [3.05, 3.63) is 53.9 Å². The van der Waals surface area contributed by atoms with Crippen LogP contribution in [0.25, 0.3) is 21.6 Å². The summed E-state index contributed by atoms with van der Waals surface area (Å²) in [6, 6.07) is 9.44. The zero-order valence-electron chi connectivity index (χ0n) is 29.0. The van der Waals surface area contributed by atoms with E-state index in [0.29, 0.717) is 41.9 Å². The first-order chi connectivity index (χ1) is 24.0. The molecule has 0 bridgehead atoms. The van der Waals surface area contributed by atoms with Gasteiger partial charge in [-0.15, -0.1) is 11.3 Å². The second-order valence-corrected chi connectivity index (χ2v) is 15.0. The molecule has 266 valence electrons. The minimum atomic E-state index is -1.21. The average molecular weight is 704 g/mol. The van der Waals surface area contributed by atoms with Crippen molar-refractivity contribution in [1.82, 2.24) is 25.5 Å². The van der Waals surface area contributed by atoms with Gasteiger partial charge in [0.15, 0.2) is 0 Å². The van der Waals surface area contributed by atoms with Crippen molar-refractivity contribution in [2.45, 2.75) is 102 Å². The normalized spacial score (nSPS) is 26.4. The number of fused-ring (bicyclic) bond motifs is 3. The number of rotatable bonds is 6. The third-order valence-electron chi connectivity index (χ3n) is 9.14. The lowest BCUT2D eigenvalue weighted by Gasteiger charge is -2.30. The van der Waals surface area contributed by atoms with E-state index in [1.165, 1.54) is 16.2 Å². The Morgan fingerprint density at radius 2 is 1.86 bits per heavy atom. The maximum atomic E-state index is 14.4. The van der Waals surface area contributed by atoms with Crippen molar-refractivity contribution in [3.8, 4) is 16.5 Å². The second kappa shape index (κ2) is 14.8. The van der Waals surface area contributed by atoms with Crippen LogP contribution in [0.4, 0.5) is 4.79 Å². The van der Waals surface area contributed by atoms with Crippen molar-refractivity contribution >= 4 is 46.2 Å². The summed E-state index contributed by atoms with van der Waals surface area (Å²) in [7, 11) is 0. The monoisotopic (exact) mass is 703 g/mol. The number of alkyl carbamates (subject to hydrolysis) is 1. The molecule has 2 aromatic heterocycles. The first kappa shape index (κ1) is 35.3. The van der Waals surface area contributed by atoms with Gasteiger partial charge in [-0.2, -0.15) is 0 Å². The van der Waals surface area contributed by atoms with Gasteiger partial charge in [-0.05, 0) is 77.0 Å². The average Bonchev–Trinajstić information content (AvgIpc) is 3.38. The largest absolute Gasteiger partial charge is 0.471 e. The van der Waals surface area contributed by atoms with Gasteiger partial charge in [-0.1, -0.05) is 43.2 Å². The van der Waals surface area contributed by atoms with Crippen molar-refractivity contribution in [2.24, 2.45) is 5.92 Å². The first-order valence-electron chi connectivity index (χ1n) is 17.4. The fourth-order valence-electron chi connectivity index (χ4n) is 6.64. The predicted octanol–water partition coefficient (Wildman–Crippen LogP) is 5.56. The number of hydrogen-bond acceptors (Lipinski definition) is 10. The van der Waals surface area contributed by atoms with E-state index < -0.39 is 53.2 Å². The summed E-state index contributed by atoms with van der Waals surface area (Å²) in [5, 5.41) is 7.72. The minimum Gasteiger partial charge on any atom is -0.471 e. The van der Waals surface area contributed by atoms with Crippen LogP contribution in [-0.4, -0.2) is 81.2 Å². The van der Waals surface area contributed by atoms with Gasteiger partial charge in [-0.3, -0.25) is 9.59 Å². The molecule has 1 aliphatic carbocycles. The molecule has 5 atom stereocenters. The number of ether oxygens (including phenoxy) is 3. The quantitative estimate of drug-likeness (QED) is 0.249. The molecule has 2 aliphatic heterocycles. The molecular formula is C37H45N5O7S. The molecule has 6 rings (SSSR count). The molecule has 0 spiro atoms. The lowest BCUT2D eigenvalue weighted by molar-refractivity contribution is -0.150. The number of nitrogens with one attached hydrogen (secondary N) is 2. The summed E-state index contributed by atoms with van der Waals surface area (Å²) in [6.07, 6.45) is 6.76. The van der Waals surface area contributed by atoms with Crippen molar-refractivity contribution in [2.75, 3.05) is 13.2 Å². The van der Waals surface area contributed by atoms with Crippen LogP contribution in [0.3, 0.4) is 0 Å². The molecule has 2 fully saturated rings. The Labute approximate surface area is 296 Å². The summed E-state index contributed by atoms with van der Waals surface area (Å²) in [6.45, 7) is 7.22. The van der Waals surface area contributed by atoms with E-state index in [-0.39, 0.29) is 25.5 Å². The molecule has 4 heterocycles. The molecule has 2 N–H and O–H groups in total. The van der Waals surface area contributed by atoms with E-state index in [1.807, 2.05) is 53.9 Å². The van der Waals surface area contributed by atoms with Crippen molar-refractivity contribution < 1.29 is 33.4 Å². The Morgan fingerprint density at radius 3 is 2.58 bits per heavy atom. The number of hydrogen-bond donors (Lipinski definition) is 2. The van der Waals surface area contributed by atoms with Gasteiger partial charge in [-0.25, -0.2) is 19.6 Å². The molecule has 3 aromatic rings. The maximum absolute atomic E-state index is 14.4. The minimum absolute atomic E-state index is 0.0531. The van der Waals surface area contributed by atoms with E-state index >= 15 is 0 Å². The van der Waals surface area contributed by atoms with E-state index in [1.54, 1.807) is 27.7 Å². The van der Waals surface area contributed by atoms with Crippen LogP contribution < -0.4 is 15.4 Å². The number of nitrogens with zero attached hydrogens (tertiary/aromatic N) is 3. The number of aromatic nitrogens is 2. The second-order valence-electron chi connectivity index (χ2n) is 14.1. The number of benzene rings is 1. The number of allylic oxidation sites excluding steroid dienone is 1. The molecule has 12 nitrogen and oxygen atoms in total. The van der Waals surface area contributed by atoms with Gasteiger partial charge >= 0.3 is 12.1 Å². The molecule has 1 aromatic carbocycles. The molecule has 1 saturated heterocycles. The zero-order valence-corrected chi connectivity index (χ0v) is 29.8. The first-order valence-corrected chi connectivity index (χ1v) is 18.3. The molecular weight excluding hydrogens is 659 g/mol. The van der Waals surface area contributed by atoms with Crippen molar-refractivity contribution in [1.29, 1.82) is 0 Å². The number of para-hydroxylation sites is 2. The number of thiophene rings is 1. The summed E-state index contributed by atoms with van der Waals surface area (Å²) in [4.78, 5) is 66.9. The standard InChI is InChI=1S/C37H45N5O7S/c1-5-47-34(45)37-21-23(37)14-9-7-6-8-10-17-27(40-35(46)49-36(2,3)4)33(44)42-22-24(20-28(42)31(43)41-37)48-32-30(29-18-13-19-50-29)38-25-15-11-12-16-26(25)39-32/h9,11-16,18-19,23-24,27-28H,5-8,10,17,20-22H2,1-4H3,(H,40,46)(H,41,43)/b14-9-/t23-,24+,27+,28-,37+/m0/s1. The Hall–Kier alpha value is -4.52. The van der Waals surface area contributed by atoms with Gasteiger partial charge in [0.05, 0.1) is 29.1 Å². The summed E-state index contributed by atoms with van der Waals surface area (Å²) >= 11 is 1.50. The SMILES string of the molecule is CCOC(=O)[C@@]12C[C@@H]1/C=C\CCCCC[C@@H](NC(=O)OC(C)(C)C)C(=O)N1C[C@H](Oc3nc4ccccc4nc3-c3cccs3)C[C@H]1C(=O)N2. The molecule has 1 saturated carbocycles. The van der Waals surface area contributed by atoms with Crippen LogP contribution in [0.1, 0.15) is 72.6 Å². The highest BCUT2D eigenvalue weighted by Crippen LogP contribution is 2.46. The van der Waals surface area contributed by atoms with Crippen LogP contribution in [0, 0.1) is 5.92 Å². The fourth-order valence-corrected chi connectivity index (χ4v) is 7.35. The predicted molar refractivity (Wildman–Crippen MR) is 188 cm³/mol. The van der Waals surface area contributed by atoms with E-state index in [0.717, 1.165) is 24.1 Å². The highest BCUT2D eigenvalue weighted by atomic mass is 32.1. The molecule has 0 unspecified atom stereocenters. The van der Waals surface area contributed by atoms with Crippen LogP contribution in [0.5, 0.6) is 5.88 Å². The number of esters is 1. The number of carbonyl (C=O) groups is 4. The summed E-state index contributed by atoms with van der Waals surface area (Å²) < 4.78 is 17.5. The molecule has 50 heavy (non-hydrogen) atoms. The van der Waals surface area contributed by atoms with E-state index in [2.05, 4.69) is 10.6 Å². The topological polar surface area (TPSA) is 149 Å². The Bertz CT molecular complexity index is 1760. The maximum Gasteiger partial charge on any atom is 0.408 e. The smallest absolute Gasteiger partial charge is 0.408 e. The van der Waals surface area contributed by atoms with Gasteiger partial charge < -0.3 is 29.7 Å². The van der Waals surface area contributed by atoms with Gasteiger partial charge in [0, 0.05) is 12.3 Å². The van der Waals surface area contributed by atoms with Crippen LogP contribution in [0.2, 0.25) is 0 Å². The zero-order chi connectivity index (χ0) is 35.5. The summed E-state index contributed by atoms with van der Waals surface area (Å²) in [5.41, 5.74) is -0.0443. The molecule has 3 aliphatic rings. The van der Waals surface area contributed by atoms with Gasteiger partial charge in [0.2, 0.25) is 17.7 Å². The third kappa shape index (κ3) is 7.93. The Kier molecular flexibility index (Phi) is 10.4. The molecule has 0 radical (unpaired) electrons.